The summed E-state index contributed by atoms with van der Waals surface area (Å²) in [5.41, 5.74) is 1.21. The first-order valence-corrected chi connectivity index (χ1v) is 6.83. The van der Waals surface area contributed by atoms with Crippen LogP contribution in [0.4, 0.5) is 0 Å². The van der Waals surface area contributed by atoms with Gasteiger partial charge in [-0.3, -0.25) is 0 Å². The summed E-state index contributed by atoms with van der Waals surface area (Å²) in [7, 11) is 1.70. The molecule has 0 aliphatic heterocycles. The molecule has 0 saturated carbocycles. The van der Waals surface area contributed by atoms with Crippen LogP contribution in [0.1, 0.15) is 18.0 Å². The first-order chi connectivity index (χ1) is 8.88. The zero-order chi connectivity index (χ0) is 13.1. The van der Waals surface area contributed by atoms with E-state index in [1.165, 1.54) is 5.56 Å². The molecular formula is C14H22ClNO2. The SMILES string of the molecule is COCCCOCCNC(CCl)c1ccccc1. The largest absolute Gasteiger partial charge is 0.385 e. The molecule has 0 heterocycles. The Bertz CT molecular complexity index is 295. The third-order valence-electron chi connectivity index (χ3n) is 2.63. The van der Waals surface area contributed by atoms with E-state index in [0.717, 1.165) is 26.2 Å². The summed E-state index contributed by atoms with van der Waals surface area (Å²) in [5, 5.41) is 3.39. The van der Waals surface area contributed by atoms with Crippen molar-refractivity contribution in [1.29, 1.82) is 0 Å². The molecule has 0 saturated heterocycles. The highest BCUT2D eigenvalue weighted by molar-refractivity contribution is 6.18. The fourth-order valence-electron chi connectivity index (χ4n) is 1.66. The maximum Gasteiger partial charge on any atom is 0.0591 e. The van der Waals surface area contributed by atoms with E-state index in [-0.39, 0.29) is 6.04 Å². The molecule has 1 atom stereocenters. The lowest BCUT2D eigenvalue weighted by molar-refractivity contribution is 0.103. The first-order valence-electron chi connectivity index (χ1n) is 6.29. The molecule has 1 N–H and O–H groups in total. The Morgan fingerprint density at radius 2 is 1.94 bits per heavy atom. The fourth-order valence-corrected chi connectivity index (χ4v) is 1.95. The third-order valence-corrected chi connectivity index (χ3v) is 2.94. The van der Waals surface area contributed by atoms with E-state index in [9.17, 15) is 0 Å². The predicted molar refractivity (Wildman–Crippen MR) is 75.2 cm³/mol. The van der Waals surface area contributed by atoms with Crippen LogP contribution in [-0.2, 0) is 9.47 Å². The van der Waals surface area contributed by atoms with Gasteiger partial charge in [-0.05, 0) is 12.0 Å². The van der Waals surface area contributed by atoms with Gasteiger partial charge in [0.2, 0.25) is 0 Å². The van der Waals surface area contributed by atoms with Crippen molar-refractivity contribution in [2.45, 2.75) is 12.5 Å². The summed E-state index contributed by atoms with van der Waals surface area (Å²) in [6, 6.07) is 10.4. The van der Waals surface area contributed by atoms with Gasteiger partial charge in [-0.15, -0.1) is 11.6 Å². The highest BCUT2D eigenvalue weighted by atomic mass is 35.5. The van der Waals surface area contributed by atoms with Crippen LogP contribution in [0.3, 0.4) is 0 Å². The van der Waals surface area contributed by atoms with Gasteiger partial charge in [0.1, 0.15) is 0 Å². The predicted octanol–water partition coefficient (Wildman–Crippen LogP) is 2.61. The second-order valence-electron chi connectivity index (χ2n) is 4.03. The van der Waals surface area contributed by atoms with Gasteiger partial charge in [0, 0.05) is 38.8 Å². The van der Waals surface area contributed by atoms with Gasteiger partial charge in [0.05, 0.1) is 6.61 Å². The highest BCUT2D eigenvalue weighted by Gasteiger charge is 2.07. The second kappa shape index (κ2) is 10.3. The van der Waals surface area contributed by atoms with Crippen molar-refractivity contribution in [3.8, 4) is 0 Å². The molecule has 0 aliphatic carbocycles. The summed E-state index contributed by atoms with van der Waals surface area (Å²) >= 11 is 5.96. The Balaban J connectivity index is 2.13. The zero-order valence-corrected chi connectivity index (χ0v) is 11.7. The Kier molecular flexibility index (Phi) is 8.86. The average Bonchev–Trinajstić information content (AvgIpc) is 2.43. The van der Waals surface area contributed by atoms with Crippen LogP contribution in [-0.4, -0.2) is 39.4 Å². The van der Waals surface area contributed by atoms with Crippen molar-refractivity contribution in [2.75, 3.05) is 39.4 Å². The number of ether oxygens (including phenoxy) is 2. The number of benzene rings is 1. The molecule has 0 radical (unpaired) electrons. The highest BCUT2D eigenvalue weighted by Crippen LogP contribution is 2.13. The van der Waals surface area contributed by atoms with E-state index in [2.05, 4.69) is 17.4 Å². The molecule has 0 amide bonds. The van der Waals surface area contributed by atoms with Crippen LogP contribution in [0, 0.1) is 0 Å². The molecule has 102 valence electrons. The van der Waals surface area contributed by atoms with Crippen molar-refractivity contribution in [2.24, 2.45) is 0 Å². The molecule has 3 nitrogen and oxygen atoms in total. The molecule has 1 aromatic carbocycles. The summed E-state index contributed by atoms with van der Waals surface area (Å²) in [5.74, 6) is 0.563. The summed E-state index contributed by atoms with van der Waals surface area (Å²) < 4.78 is 10.4. The minimum Gasteiger partial charge on any atom is -0.385 e. The minimum atomic E-state index is 0.190. The average molecular weight is 272 g/mol. The van der Waals surface area contributed by atoms with Gasteiger partial charge in [0.15, 0.2) is 0 Å². The standard InChI is InChI=1S/C14H22ClNO2/c1-17-9-5-10-18-11-8-16-14(12-15)13-6-3-2-4-7-13/h2-4,6-7,14,16H,5,8-12H2,1H3. The lowest BCUT2D eigenvalue weighted by atomic mass is 10.1. The Morgan fingerprint density at radius 3 is 2.61 bits per heavy atom. The number of methoxy groups -OCH3 is 1. The van der Waals surface area contributed by atoms with E-state index in [4.69, 9.17) is 21.1 Å². The Hall–Kier alpha value is -0.610. The summed E-state index contributed by atoms with van der Waals surface area (Å²) in [4.78, 5) is 0. The van der Waals surface area contributed by atoms with Crippen molar-refractivity contribution in [1.82, 2.24) is 5.32 Å². The maximum absolute atomic E-state index is 5.96. The lowest BCUT2D eigenvalue weighted by Crippen LogP contribution is -2.26. The van der Waals surface area contributed by atoms with E-state index in [1.807, 2.05) is 18.2 Å². The van der Waals surface area contributed by atoms with Crippen LogP contribution in [0.15, 0.2) is 30.3 Å². The zero-order valence-electron chi connectivity index (χ0n) is 10.9. The molecular weight excluding hydrogens is 250 g/mol. The molecule has 0 aromatic heterocycles. The Labute approximate surface area is 114 Å². The molecule has 1 rings (SSSR count). The molecule has 18 heavy (non-hydrogen) atoms. The van der Waals surface area contributed by atoms with Crippen LogP contribution in [0.2, 0.25) is 0 Å². The molecule has 0 fully saturated rings. The number of hydrogen-bond acceptors (Lipinski definition) is 3. The summed E-state index contributed by atoms with van der Waals surface area (Å²) in [6.45, 7) is 3.00. The van der Waals surface area contributed by atoms with Gasteiger partial charge >= 0.3 is 0 Å². The molecule has 0 aliphatic rings. The number of hydrogen-bond donors (Lipinski definition) is 1. The van der Waals surface area contributed by atoms with Crippen LogP contribution in [0.25, 0.3) is 0 Å². The molecule has 0 bridgehead atoms. The van der Waals surface area contributed by atoms with Crippen LogP contribution >= 0.6 is 11.6 Å². The molecule has 1 unspecified atom stereocenters. The van der Waals surface area contributed by atoms with Crippen molar-refractivity contribution < 1.29 is 9.47 Å². The van der Waals surface area contributed by atoms with Crippen LogP contribution < -0.4 is 5.32 Å². The van der Waals surface area contributed by atoms with E-state index < -0.39 is 0 Å². The molecule has 0 spiro atoms. The maximum atomic E-state index is 5.96. The topological polar surface area (TPSA) is 30.5 Å². The minimum absolute atomic E-state index is 0.190. The van der Waals surface area contributed by atoms with Crippen LogP contribution in [0.5, 0.6) is 0 Å². The normalized spacial score (nSPS) is 12.6. The van der Waals surface area contributed by atoms with E-state index >= 15 is 0 Å². The quantitative estimate of drug-likeness (QED) is 0.524. The number of nitrogens with one attached hydrogen (secondary N) is 1. The molecule has 4 heteroatoms. The fraction of sp³-hybridized carbons (Fsp3) is 0.571. The number of rotatable bonds is 10. The summed E-state index contributed by atoms with van der Waals surface area (Å²) in [6.07, 6.45) is 0.939. The van der Waals surface area contributed by atoms with E-state index in [1.54, 1.807) is 7.11 Å². The van der Waals surface area contributed by atoms with E-state index in [0.29, 0.717) is 12.5 Å². The lowest BCUT2D eigenvalue weighted by Gasteiger charge is -2.16. The Morgan fingerprint density at radius 1 is 1.17 bits per heavy atom. The van der Waals surface area contributed by atoms with Gasteiger partial charge in [-0.1, -0.05) is 30.3 Å². The van der Waals surface area contributed by atoms with Gasteiger partial charge in [-0.2, -0.15) is 0 Å². The third kappa shape index (κ3) is 6.36. The van der Waals surface area contributed by atoms with Crippen molar-refractivity contribution >= 4 is 11.6 Å². The smallest absolute Gasteiger partial charge is 0.0591 e. The first kappa shape index (κ1) is 15.4. The van der Waals surface area contributed by atoms with Gasteiger partial charge in [-0.25, -0.2) is 0 Å². The number of halogens is 1. The second-order valence-corrected chi connectivity index (χ2v) is 4.34. The number of alkyl halides is 1. The van der Waals surface area contributed by atoms with Gasteiger partial charge in [0.25, 0.3) is 0 Å². The monoisotopic (exact) mass is 271 g/mol. The molecule has 1 aromatic rings. The van der Waals surface area contributed by atoms with Crippen molar-refractivity contribution in [3.05, 3.63) is 35.9 Å². The van der Waals surface area contributed by atoms with Crippen molar-refractivity contribution in [3.63, 3.8) is 0 Å². The van der Waals surface area contributed by atoms with Gasteiger partial charge < -0.3 is 14.8 Å².